The number of benzene rings is 3. The van der Waals surface area contributed by atoms with E-state index < -0.39 is 22.7 Å². The SMILES string of the molecule is O=S(=O)(c1ccc2ccccc2c1)n1c(SCC(O)CO)nc2ccccc21. The first-order chi connectivity index (χ1) is 13.5. The minimum atomic E-state index is -3.91. The molecule has 1 heterocycles. The van der Waals surface area contributed by atoms with Gasteiger partial charge >= 0.3 is 0 Å². The minimum Gasteiger partial charge on any atom is -0.394 e. The molecule has 1 atom stereocenters. The fraction of sp³-hybridized carbons (Fsp3) is 0.150. The number of aliphatic hydroxyl groups excluding tert-OH is 2. The van der Waals surface area contributed by atoms with Gasteiger partial charge in [0.2, 0.25) is 0 Å². The summed E-state index contributed by atoms with van der Waals surface area (Å²) >= 11 is 1.09. The maximum atomic E-state index is 13.5. The van der Waals surface area contributed by atoms with Crippen molar-refractivity contribution in [3.05, 3.63) is 66.7 Å². The number of hydrogen-bond donors (Lipinski definition) is 2. The number of nitrogens with zero attached hydrogens (tertiary/aromatic N) is 2. The minimum absolute atomic E-state index is 0.132. The third-order valence-electron chi connectivity index (χ3n) is 4.37. The molecule has 0 bridgehead atoms. The molecule has 0 fully saturated rings. The molecule has 3 aromatic carbocycles. The van der Waals surface area contributed by atoms with Gasteiger partial charge in [0, 0.05) is 5.75 Å². The quantitative estimate of drug-likeness (QED) is 0.472. The van der Waals surface area contributed by atoms with E-state index in [-0.39, 0.29) is 15.8 Å². The van der Waals surface area contributed by atoms with Crippen molar-refractivity contribution in [1.82, 2.24) is 8.96 Å². The van der Waals surface area contributed by atoms with Crippen LogP contribution in [-0.4, -0.2) is 46.1 Å². The first kappa shape index (κ1) is 18.9. The lowest BCUT2D eigenvalue weighted by molar-refractivity contribution is 0.113. The zero-order valence-electron chi connectivity index (χ0n) is 14.8. The molecule has 8 heteroatoms. The second-order valence-corrected chi connectivity index (χ2v) is 9.08. The summed E-state index contributed by atoms with van der Waals surface area (Å²) in [7, 11) is -3.91. The number of aromatic nitrogens is 2. The summed E-state index contributed by atoms with van der Waals surface area (Å²) in [6.45, 7) is -0.398. The Kier molecular flexibility index (Phi) is 5.11. The van der Waals surface area contributed by atoms with Gasteiger partial charge in [-0.2, -0.15) is 0 Å². The van der Waals surface area contributed by atoms with Crippen LogP contribution in [0.25, 0.3) is 21.8 Å². The summed E-state index contributed by atoms with van der Waals surface area (Å²) in [5.41, 5.74) is 1.02. The van der Waals surface area contributed by atoms with Crippen LogP contribution in [0.15, 0.2) is 76.8 Å². The van der Waals surface area contributed by atoms with Crippen molar-refractivity contribution < 1.29 is 18.6 Å². The molecule has 0 spiro atoms. The van der Waals surface area contributed by atoms with E-state index in [2.05, 4.69) is 4.98 Å². The Hall–Kier alpha value is -2.39. The van der Waals surface area contributed by atoms with Crippen LogP contribution in [0.5, 0.6) is 0 Å². The van der Waals surface area contributed by atoms with Gasteiger partial charge in [0.15, 0.2) is 5.16 Å². The molecule has 0 radical (unpaired) electrons. The van der Waals surface area contributed by atoms with Gasteiger partial charge in [-0.25, -0.2) is 17.4 Å². The summed E-state index contributed by atoms with van der Waals surface area (Å²) in [6.07, 6.45) is -0.957. The second kappa shape index (κ2) is 7.56. The van der Waals surface area contributed by atoms with Crippen LogP contribution in [-0.2, 0) is 10.0 Å². The molecule has 4 rings (SSSR count). The van der Waals surface area contributed by atoms with Crippen molar-refractivity contribution in [2.45, 2.75) is 16.2 Å². The molecule has 0 saturated carbocycles. The Morgan fingerprint density at radius 1 is 1.00 bits per heavy atom. The van der Waals surface area contributed by atoms with Crippen molar-refractivity contribution in [3.8, 4) is 0 Å². The number of rotatable bonds is 6. The molecular formula is C20H18N2O4S2. The number of para-hydroxylation sites is 2. The van der Waals surface area contributed by atoms with Gasteiger partial charge in [-0.05, 0) is 35.0 Å². The molecule has 4 aromatic rings. The van der Waals surface area contributed by atoms with Crippen molar-refractivity contribution in [2.75, 3.05) is 12.4 Å². The van der Waals surface area contributed by atoms with E-state index in [0.29, 0.717) is 11.0 Å². The smallest absolute Gasteiger partial charge is 0.270 e. The van der Waals surface area contributed by atoms with E-state index in [1.165, 1.54) is 3.97 Å². The van der Waals surface area contributed by atoms with Crippen LogP contribution >= 0.6 is 11.8 Å². The number of hydrogen-bond acceptors (Lipinski definition) is 6. The van der Waals surface area contributed by atoms with Gasteiger partial charge in [0.05, 0.1) is 28.6 Å². The summed E-state index contributed by atoms with van der Waals surface area (Å²) in [4.78, 5) is 4.59. The molecule has 1 unspecified atom stereocenters. The maximum Gasteiger partial charge on any atom is 0.270 e. The third-order valence-corrected chi connectivity index (χ3v) is 7.26. The predicted octanol–water partition coefficient (Wildman–Crippen LogP) is 2.87. The highest BCUT2D eigenvalue weighted by Gasteiger charge is 2.25. The molecule has 0 aliphatic rings. The lowest BCUT2D eigenvalue weighted by Crippen LogP contribution is -2.17. The van der Waals surface area contributed by atoms with Crippen molar-refractivity contribution in [1.29, 1.82) is 0 Å². The van der Waals surface area contributed by atoms with Crippen molar-refractivity contribution >= 4 is 43.6 Å². The molecule has 1 aromatic heterocycles. The largest absolute Gasteiger partial charge is 0.394 e. The molecule has 6 nitrogen and oxygen atoms in total. The predicted molar refractivity (Wildman–Crippen MR) is 110 cm³/mol. The number of fused-ring (bicyclic) bond motifs is 2. The number of thioether (sulfide) groups is 1. The monoisotopic (exact) mass is 414 g/mol. The maximum absolute atomic E-state index is 13.5. The molecule has 0 amide bonds. The first-order valence-corrected chi connectivity index (χ1v) is 11.1. The lowest BCUT2D eigenvalue weighted by Gasteiger charge is -2.12. The van der Waals surface area contributed by atoms with E-state index in [4.69, 9.17) is 5.11 Å². The van der Waals surface area contributed by atoms with Gasteiger partial charge in [0.25, 0.3) is 10.0 Å². The highest BCUT2D eigenvalue weighted by atomic mass is 32.2. The van der Waals surface area contributed by atoms with Crippen LogP contribution in [0.2, 0.25) is 0 Å². The van der Waals surface area contributed by atoms with E-state index in [1.54, 1.807) is 42.5 Å². The standard InChI is InChI=1S/C20H18N2O4S2/c23-12-16(24)13-27-20-21-18-7-3-4-8-19(18)22(20)28(25,26)17-10-9-14-5-1-2-6-15(14)11-17/h1-11,16,23-24H,12-13H2. The first-order valence-electron chi connectivity index (χ1n) is 8.64. The zero-order valence-corrected chi connectivity index (χ0v) is 16.4. The fourth-order valence-corrected chi connectivity index (χ4v) is 5.63. The topological polar surface area (TPSA) is 92.4 Å². The highest BCUT2D eigenvalue weighted by molar-refractivity contribution is 8.00. The average Bonchev–Trinajstić information content (AvgIpc) is 3.10. The third kappa shape index (κ3) is 3.40. The van der Waals surface area contributed by atoms with E-state index >= 15 is 0 Å². The molecule has 144 valence electrons. The van der Waals surface area contributed by atoms with Gasteiger partial charge in [-0.1, -0.05) is 54.2 Å². The second-order valence-electron chi connectivity index (χ2n) is 6.31. The average molecular weight is 415 g/mol. The molecule has 0 saturated heterocycles. The molecule has 0 aliphatic carbocycles. The molecular weight excluding hydrogens is 396 g/mol. The van der Waals surface area contributed by atoms with Crippen LogP contribution in [0.4, 0.5) is 0 Å². The van der Waals surface area contributed by atoms with Crippen LogP contribution in [0.3, 0.4) is 0 Å². The summed E-state index contributed by atoms with van der Waals surface area (Å²) < 4.78 is 28.2. The number of aliphatic hydroxyl groups is 2. The molecule has 28 heavy (non-hydrogen) atoms. The van der Waals surface area contributed by atoms with Gasteiger partial charge in [-0.15, -0.1) is 0 Å². The normalized spacial score (nSPS) is 13.2. The Morgan fingerprint density at radius 3 is 2.50 bits per heavy atom. The summed E-state index contributed by atoms with van der Waals surface area (Å²) in [5.74, 6) is 0.132. The van der Waals surface area contributed by atoms with Crippen LogP contribution in [0, 0.1) is 0 Å². The summed E-state index contributed by atoms with van der Waals surface area (Å²) in [6, 6.07) is 19.6. The molecule has 2 N–H and O–H groups in total. The van der Waals surface area contributed by atoms with Crippen molar-refractivity contribution in [3.63, 3.8) is 0 Å². The fourth-order valence-electron chi connectivity index (χ4n) is 2.96. The molecule has 0 aliphatic heterocycles. The Morgan fingerprint density at radius 2 is 1.71 bits per heavy atom. The van der Waals surface area contributed by atoms with Crippen LogP contribution < -0.4 is 0 Å². The van der Waals surface area contributed by atoms with Crippen molar-refractivity contribution in [2.24, 2.45) is 0 Å². The highest BCUT2D eigenvalue weighted by Crippen LogP contribution is 2.30. The van der Waals surface area contributed by atoms with Gasteiger partial charge < -0.3 is 10.2 Å². The van der Waals surface area contributed by atoms with E-state index in [0.717, 1.165) is 22.5 Å². The Bertz CT molecular complexity index is 1250. The lowest BCUT2D eigenvalue weighted by atomic mass is 10.1. The van der Waals surface area contributed by atoms with Crippen LogP contribution in [0.1, 0.15) is 0 Å². The van der Waals surface area contributed by atoms with Gasteiger partial charge in [0.1, 0.15) is 0 Å². The van der Waals surface area contributed by atoms with Gasteiger partial charge in [-0.3, -0.25) is 0 Å². The zero-order chi connectivity index (χ0) is 19.7. The Balaban J connectivity index is 1.87. The van der Waals surface area contributed by atoms with E-state index in [1.807, 2.05) is 24.3 Å². The van der Waals surface area contributed by atoms with E-state index in [9.17, 15) is 13.5 Å². The Labute approximate surface area is 166 Å². The number of imidazole rings is 1. The summed E-state index contributed by atoms with van der Waals surface area (Å²) in [5, 5.41) is 20.8.